The first kappa shape index (κ1) is 15.0. The van der Waals surface area contributed by atoms with E-state index >= 15 is 0 Å². The number of benzene rings is 1. The zero-order valence-corrected chi connectivity index (χ0v) is 13.2. The van der Waals surface area contributed by atoms with Crippen molar-refractivity contribution in [1.82, 2.24) is 10.2 Å². The molecule has 1 aromatic carbocycles. The van der Waals surface area contributed by atoms with Crippen LogP contribution in [0.1, 0.15) is 43.7 Å². The number of fused-ring (bicyclic) bond motifs is 2. The molecule has 21 heavy (non-hydrogen) atoms. The highest BCUT2D eigenvalue weighted by Gasteiger charge is 2.39. The van der Waals surface area contributed by atoms with Gasteiger partial charge in [-0.15, -0.1) is 0 Å². The molecule has 2 nitrogen and oxygen atoms in total. The molecular weight excluding hydrogens is 263 g/mol. The highest BCUT2D eigenvalue weighted by Crippen LogP contribution is 2.35. The second-order valence-electron chi connectivity index (χ2n) is 6.67. The number of hydrogen-bond donors (Lipinski definition) is 1. The van der Waals surface area contributed by atoms with Crippen LogP contribution in [0.4, 0.5) is 4.39 Å². The van der Waals surface area contributed by atoms with E-state index in [0.29, 0.717) is 0 Å². The lowest BCUT2D eigenvalue weighted by molar-refractivity contribution is 0.119. The number of halogens is 1. The summed E-state index contributed by atoms with van der Waals surface area (Å²) >= 11 is 0. The number of piperidine rings is 1. The fraction of sp³-hybridized carbons (Fsp3) is 0.667. The fourth-order valence-electron chi connectivity index (χ4n) is 4.28. The Labute approximate surface area is 127 Å². The van der Waals surface area contributed by atoms with Crippen LogP contribution >= 0.6 is 0 Å². The second kappa shape index (κ2) is 6.45. The molecule has 2 unspecified atom stereocenters. The summed E-state index contributed by atoms with van der Waals surface area (Å²) in [5.41, 5.74) is 2.38. The van der Waals surface area contributed by atoms with E-state index in [1.54, 1.807) is 12.1 Å². The first-order valence-electron chi connectivity index (χ1n) is 8.41. The van der Waals surface area contributed by atoms with Crippen molar-refractivity contribution in [2.75, 3.05) is 13.1 Å². The van der Waals surface area contributed by atoms with Crippen LogP contribution in [0, 0.1) is 12.7 Å². The summed E-state index contributed by atoms with van der Waals surface area (Å²) in [6.45, 7) is 6.43. The van der Waals surface area contributed by atoms with Gasteiger partial charge in [0.05, 0.1) is 0 Å². The molecule has 0 saturated carbocycles. The van der Waals surface area contributed by atoms with Crippen molar-refractivity contribution in [3.63, 3.8) is 0 Å². The standard InChI is InChI=1S/C18H27FN2/c1-3-20-16-11-17-6-7-18(12-16)21(17)9-8-14-4-5-15(19)10-13(14)2/h4-5,10,16-18,20H,3,6-9,11-12H2,1-2H3. The number of nitrogens with one attached hydrogen (secondary N) is 1. The van der Waals surface area contributed by atoms with Crippen LogP contribution in [-0.4, -0.2) is 36.1 Å². The summed E-state index contributed by atoms with van der Waals surface area (Å²) in [5, 5.41) is 3.63. The highest BCUT2D eigenvalue weighted by molar-refractivity contribution is 5.26. The molecule has 3 rings (SSSR count). The van der Waals surface area contributed by atoms with E-state index in [-0.39, 0.29) is 5.82 Å². The minimum atomic E-state index is -0.122. The van der Waals surface area contributed by atoms with Gasteiger partial charge in [-0.1, -0.05) is 13.0 Å². The van der Waals surface area contributed by atoms with Gasteiger partial charge in [-0.3, -0.25) is 4.90 Å². The minimum absolute atomic E-state index is 0.122. The van der Waals surface area contributed by atoms with Crippen LogP contribution in [0.25, 0.3) is 0 Å². The Balaban J connectivity index is 1.59. The monoisotopic (exact) mass is 290 g/mol. The Morgan fingerprint density at radius 2 is 1.95 bits per heavy atom. The van der Waals surface area contributed by atoms with Crippen molar-refractivity contribution in [2.45, 2.75) is 64.1 Å². The number of aryl methyl sites for hydroxylation is 1. The molecule has 2 saturated heterocycles. The average molecular weight is 290 g/mol. The van der Waals surface area contributed by atoms with Crippen molar-refractivity contribution in [3.05, 3.63) is 35.1 Å². The van der Waals surface area contributed by atoms with Crippen LogP contribution in [0.15, 0.2) is 18.2 Å². The smallest absolute Gasteiger partial charge is 0.123 e. The Bertz CT molecular complexity index is 474. The minimum Gasteiger partial charge on any atom is -0.314 e. The highest BCUT2D eigenvalue weighted by atomic mass is 19.1. The molecule has 2 heterocycles. The van der Waals surface area contributed by atoms with Gasteiger partial charge in [0.2, 0.25) is 0 Å². The molecule has 1 N–H and O–H groups in total. The second-order valence-corrected chi connectivity index (χ2v) is 6.67. The van der Waals surface area contributed by atoms with E-state index in [9.17, 15) is 4.39 Å². The number of rotatable bonds is 5. The lowest BCUT2D eigenvalue weighted by Gasteiger charge is -2.39. The zero-order valence-electron chi connectivity index (χ0n) is 13.2. The van der Waals surface area contributed by atoms with Gasteiger partial charge in [0.25, 0.3) is 0 Å². The molecule has 116 valence electrons. The normalized spacial score (nSPS) is 29.0. The van der Waals surface area contributed by atoms with Crippen molar-refractivity contribution in [3.8, 4) is 0 Å². The van der Waals surface area contributed by atoms with E-state index < -0.39 is 0 Å². The molecule has 1 aromatic rings. The topological polar surface area (TPSA) is 15.3 Å². The molecule has 2 fully saturated rings. The third kappa shape index (κ3) is 3.29. The van der Waals surface area contributed by atoms with Gasteiger partial charge in [0.15, 0.2) is 0 Å². The van der Waals surface area contributed by atoms with Crippen molar-refractivity contribution in [2.24, 2.45) is 0 Å². The predicted molar refractivity (Wildman–Crippen MR) is 85.1 cm³/mol. The molecule has 0 aliphatic carbocycles. The quantitative estimate of drug-likeness (QED) is 0.895. The predicted octanol–water partition coefficient (Wildman–Crippen LogP) is 3.28. The lowest BCUT2D eigenvalue weighted by Crippen LogP contribution is -2.49. The maximum Gasteiger partial charge on any atom is 0.123 e. The first-order chi connectivity index (χ1) is 10.2. The summed E-state index contributed by atoms with van der Waals surface area (Å²) in [6, 6.07) is 7.44. The third-order valence-electron chi connectivity index (χ3n) is 5.32. The van der Waals surface area contributed by atoms with E-state index in [0.717, 1.165) is 43.2 Å². The van der Waals surface area contributed by atoms with Gasteiger partial charge in [-0.05, 0) is 68.8 Å². The maximum absolute atomic E-state index is 13.2. The Kier molecular flexibility index (Phi) is 4.60. The van der Waals surface area contributed by atoms with Crippen LogP contribution < -0.4 is 5.32 Å². The van der Waals surface area contributed by atoms with E-state index in [2.05, 4.69) is 17.1 Å². The molecule has 2 atom stereocenters. The number of hydrogen-bond acceptors (Lipinski definition) is 2. The van der Waals surface area contributed by atoms with Crippen LogP contribution in [0.5, 0.6) is 0 Å². The Morgan fingerprint density at radius 3 is 2.57 bits per heavy atom. The van der Waals surface area contributed by atoms with Crippen LogP contribution in [0.3, 0.4) is 0 Å². The molecule has 0 radical (unpaired) electrons. The Hall–Kier alpha value is -0.930. The van der Waals surface area contributed by atoms with Crippen molar-refractivity contribution >= 4 is 0 Å². The van der Waals surface area contributed by atoms with Crippen molar-refractivity contribution in [1.29, 1.82) is 0 Å². The molecule has 0 amide bonds. The van der Waals surface area contributed by atoms with Gasteiger partial charge < -0.3 is 5.32 Å². The van der Waals surface area contributed by atoms with Gasteiger partial charge in [0.1, 0.15) is 5.82 Å². The first-order valence-corrected chi connectivity index (χ1v) is 8.41. The molecule has 2 bridgehead atoms. The van der Waals surface area contributed by atoms with Gasteiger partial charge in [-0.2, -0.15) is 0 Å². The van der Waals surface area contributed by atoms with Gasteiger partial charge >= 0.3 is 0 Å². The third-order valence-corrected chi connectivity index (χ3v) is 5.32. The SMILES string of the molecule is CCNC1CC2CCC(C1)N2CCc1ccc(F)cc1C. The van der Waals surface area contributed by atoms with Crippen LogP contribution in [-0.2, 0) is 6.42 Å². The van der Waals surface area contributed by atoms with E-state index in [1.807, 2.05) is 13.0 Å². The van der Waals surface area contributed by atoms with Gasteiger partial charge in [0, 0.05) is 24.7 Å². The van der Waals surface area contributed by atoms with Gasteiger partial charge in [-0.25, -0.2) is 4.39 Å². The summed E-state index contributed by atoms with van der Waals surface area (Å²) in [5.74, 6) is -0.122. The summed E-state index contributed by atoms with van der Waals surface area (Å²) in [7, 11) is 0. The van der Waals surface area contributed by atoms with E-state index in [1.165, 1.54) is 31.2 Å². The maximum atomic E-state index is 13.2. The molecule has 2 aliphatic heterocycles. The largest absolute Gasteiger partial charge is 0.314 e. The summed E-state index contributed by atoms with van der Waals surface area (Å²) in [6.07, 6.45) is 6.36. The summed E-state index contributed by atoms with van der Waals surface area (Å²) < 4.78 is 13.2. The average Bonchev–Trinajstić information content (AvgIpc) is 2.68. The molecule has 0 aromatic heterocycles. The van der Waals surface area contributed by atoms with E-state index in [4.69, 9.17) is 0 Å². The molecular formula is C18H27FN2. The number of nitrogens with zero attached hydrogens (tertiary/aromatic N) is 1. The summed E-state index contributed by atoms with van der Waals surface area (Å²) in [4.78, 5) is 2.72. The molecule has 3 heteroatoms. The molecule has 0 spiro atoms. The zero-order chi connectivity index (χ0) is 14.8. The van der Waals surface area contributed by atoms with Crippen LogP contribution in [0.2, 0.25) is 0 Å². The lowest BCUT2D eigenvalue weighted by atomic mass is 9.96. The molecule has 2 aliphatic rings. The Morgan fingerprint density at radius 1 is 1.24 bits per heavy atom. The van der Waals surface area contributed by atoms with Crippen molar-refractivity contribution < 1.29 is 4.39 Å². The fourth-order valence-corrected chi connectivity index (χ4v) is 4.28.